The first-order valence-electron chi connectivity index (χ1n) is 9.42. The Bertz CT molecular complexity index is 1030. The predicted octanol–water partition coefficient (Wildman–Crippen LogP) is 5.70. The number of aromatic nitrogens is 3. The summed E-state index contributed by atoms with van der Waals surface area (Å²) in [6, 6.07) is 19.4. The van der Waals surface area contributed by atoms with Crippen molar-refractivity contribution in [2.24, 2.45) is 0 Å². The molecule has 4 rings (SSSR count). The van der Waals surface area contributed by atoms with Gasteiger partial charge in [-0.2, -0.15) is 5.10 Å². The van der Waals surface area contributed by atoms with E-state index < -0.39 is 0 Å². The Hall–Kier alpha value is -2.76. The number of hydrogen-bond acceptors (Lipinski definition) is 4. The van der Waals surface area contributed by atoms with Gasteiger partial charge in [-0.05, 0) is 37.6 Å². The second-order valence-electron chi connectivity index (χ2n) is 7.13. The molecular weight excluding hydrogens is 364 g/mol. The summed E-state index contributed by atoms with van der Waals surface area (Å²) in [7, 11) is 2.14. The minimum absolute atomic E-state index is 0.266. The molecule has 0 amide bonds. The average molecular weight is 389 g/mol. The van der Waals surface area contributed by atoms with E-state index in [4.69, 9.17) is 0 Å². The molecule has 28 heavy (non-hydrogen) atoms. The van der Waals surface area contributed by atoms with Crippen LogP contribution in [0.4, 0.5) is 0 Å². The van der Waals surface area contributed by atoms with Crippen LogP contribution in [0.2, 0.25) is 0 Å². The van der Waals surface area contributed by atoms with Crippen LogP contribution in [0.25, 0.3) is 22.4 Å². The summed E-state index contributed by atoms with van der Waals surface area (Å²) < 4.78 is 0. The van der Waals surface area contributed by atoms with Crippen LogP contribution in [0, 0.1) is 6.92 Å². The molecule has 4 aromatic rings. The van der Waals surface area contributed by atoms with Gasteiger partial charge in [0.15, 0.2) is 0 Å². The number of H-pyrrole nitrogens is 1. The van der Waals surface area contributed by atoms with Gasteiger partial charge in [0, 0.05) is 23.2 Å². The lowest BCUT2D eigenvalue weighted by atomic mass is 10.0. The number of rotatable bonds is 6. The van der Waals surface area contributed by atoms with E-state index in [0.717, 1.165) is 28.5 Å². The molecule has 5 heteroatoms. The first-order chi connectivity index (χ1) is 13.6. The molecule has 1 N–H and O–H groups in total. The van der Waals surface area contributed by atoms with Crippen LogP contribution >= 0.6 is 11.3 Å². The third kappa shape index (κ3) is 3.91. The largest absolute Gasteiger partial charge is 0.293 e. The molecule has 2 aromatic carbocycles. The first-order valence-corrected chi connectivity index (χ1v) is 10.3. The highest BCUT2D eigenvalue weighted by Gasteiger charge is 2.18. The molecule has 0 bridgehead atoms. The lowest BCUT2D eigenvalue weighted by Gasteiger charge is -2.22. The van der Waals surface area contributed by atoms with E-state index >= 15 is 0 Å². The fraction of sp³-hybridized carbons (Fsp3) is 0.217. The van der Waals surface area contributed by atoms with E-state index in [1.54, 1.807) is 11.3 Å². The molecule has 0 saturated carbocycles. The van der Waals surface area contributed by atoms with Crippen molar-refractivity contribution < 1.29 is 0 Å². The number of benzene rings is 2. The summed E-state index contributed by atoms with van der Waals surface area (Å²) in [5.74, 6) is 0. The molecular formula is C23H24N4S. The van der Waals surface area contributed by atoms with Crippen molar-refractivity contribution in [3.63, 3.8) is 0 Å². The number of aromatic amines is 1. The molecule has 0 aliphatic rings. The number of nitrogens with one attached hydrogen (secondary N) is 1. The Morgan fingerprint density at radius 2 is 1.68 bits per heavy atom. The van der Waals surface area contributed by atoms with E-state index in [9.17, 15) is 0 Å². The lowest BCUT2D eigenvalue weighted by Crippen LogP contribution is -2.22. The number of hydrogen-bond donors (Lipinski definition) is 1. The summed E-state index contributed by atoms with van der Waals surface area (Å²) in [6.45, 7) is 5.05. The maximum Gasteiger partial charge on any atom is 0.110 e. The quantitative estimate of drug-likeness (QED) is 0.461. The van der Waals surface area contributed by atoms with Crippen LogP contribution in [0.5, 0.6) is 0 Å². The molecule has 1 atom stereocenters. The fourth-order valence-electron chi connectivity index (χ4n) is 3.30. The summed E-state index contributed by atoms with van der Waals surface area (Å²) in [4.78, 5) is 6.94. The smallest absolute Gasteiger partial charge is 0.110 e. The molecule has 2 heterocycles. The minimum Gasteiger partial charge on any atom is -0.293 e. The highest BCUT2D eigenvalue weighted by Crippen LogP contribution is 2.28. The Balaban J connectivity index is 1.52. The SMILES string of the molecule is Cc1csc([C@H](C)N(C)Cc2cn[nH]c2-c2ccc(-c3ccccc3)cc2)n1. The minimum atomic E-state index is 0.266. The van der Waals surface area contributed by atoms with Gasteiger partial charge in [-0.15, -0.1) is 11.3 Å². The molecule has 0 aliphatic carbocycles. The standard InChI is InChI=1S/C23H24N4S/c1-16-15-28-23(25-16)17(2)27(3)14-21-13-24-26-22(21)20-11-9-19(10-12-20)18-7-5-4-6-8-18/h4-13,15,17H,14H2,1-3H3,(H,24,26)/t17-/m0/s1. The third-order valence-electron chi connectivity index (χ3n) is 5.07. The number of thiazole rings is 1. The Morgan fingerprint density at radius 1 is 1.00 bits per heavy atom. The molecule has 0 spiro atoms. The molecule has 0 aliphatic heterocycles. The molecule has 0 radical (unpaired) electrons. The number of aryl methyl sites for hydroxylation is 1. The first kappa shape index (κ1) is 18.6. The van der Waals surface area contributed by atoms with Crippen LogP contribution < -0.4 is 0 Å². The summed E-state index contributed by atoms with van der Waals surface area (Å²) in [6.07, 6.45) is 1.93. The van der Waals surface area contributed by atoms with Crippen molar-refractivity contribution >= 4 is 11.3 Å². The Kier molecular flexibility index (Phi) is 5.37. The van der Waals surface area contributed by atoms with E-state index in [-0.39, 0.29) is 6.04 Å². The third-order valence-corrected chi connectivity index (χ3v) is 6.21. The van der Waals surface area contributed by atoms with Crippen LogP contribution in [-0.2, 0) is 6.54 Å². The van der Waals surface area contributed by atoms with Crippen molar-refractivity contribution in [2.75, 3.05) is 7.05 Å². The van der Waals surface area contributed by atoms with Crippen LogP contribution in [0.3, 0.4) is 0 Å². The van der Waals surface area contributed by atoms with Gasteiger partial charge in [0.2, 0.25) is 0 Å². The van der Waals surface area contributed by atoms with Gasteiger partial charge in [-0.3, -0.25) is 10.00 Å². The van der Waals surface area contributed by atoms with Crippen molar-refractivity contribution in [3.8, 4) is 22.4 Å². The monoisotopic (exact) mass is 388 g/mol. The fourth-order valence-corrected chi connectivity index (χ4v) is 4.22. The van der Waals surface area contributed by atoms with Crippen LogP contribution in [0.15, 0.2) is 66.2 Å². The highest BCUT2D eigenvalue weighted by atomic mass is 32.1. The van der Waals surface area contributed by atoms with Gasteiger partial charge in [0.05, 0.1) is 17.9 Å². The van der Waals surface area contributed by atoms with Gasteiger partial charge < -0.3 is 0 Å². The number of nitrogens with zero attached hydrogens (tertiary/aromatic N) is 3. The maximum absolute atomic E-state index is 4.63. The molecule has 0 unspecified atom stereocenters. The van der Waals surface area contributed by atoms with Gasteiger partial charge in [0.25, 0.3) is 0 Å². The van der Waals surface area contributed by atoms with Gasteiger partial charge >= 0.3 is 0 Å². The van der Waals surface area contributed by atoms with Crippen LogP contribution in [-0.4, -0.2) is 27.1 Å². The van der Waals surface area contributed by atoms with Crippen molar-refractivity contribution in [3.05, 3.63) is 82.4 Å². The summed E-state index contributed by atoms with van der Waals surface area (Å²) in [5, 5.41) is 10.7. The molecule has 2 aromatic heterocycles. The van der Waals surface area contributed by atoms with E-state index in [2.05, 4.69) is 88.0 Å². The zero-order chi connectivity index (χ0) is 19.5. The zero-order valence-corrected chi connectivity index (χ0v) is 17.2. The second kappa shape index (κ2) is 8.09. The average Bonchev–Trinajstić information content (AvgIpc) is 3.37. The summed E-state index contributed by atoms with van der Waals surface area (Å²) in [5.41, 5.74) is 6.95. The van der Waals surface area contributed by atoms with E-state index in [1.165, 1.54) is 16.7 Å². The van der Waals surface area contributed by atoms with Crippen molar-refractivity contribution in [2.45, 2.75) is 26.4 Å². The van der Waals surface area contributed by atoms with Gasteiger partial charge in [-0.1, -0.05) is 54.6 Å². The molecule has 4 nitrogen and oxygen atoms in total. The maximum atomic E-state index is 4.63. The lowest BCUT2D eigenvalue weighted by molar-refractivity contribution is 0.253. The second-order valence-corrected chi connectivity index (χ2v) is 8.02. The summed E-state index contributed by atoms with van der Waals surface area (Å²) >= 11 is 1.72. The van der Waals surface area contributed by atoms with E-state index in [0.29, 0.717) is 0 Å². The van der Waals surface area contributed by atoms with Crippen LogP contribution in [0.1, 0.15) is 29.2 Å². The molecule has 0 saturated heterocycles. The zero-order valence-electron chi connectivity index (χ0n) is 16.4. The molecule has 142 valence electrons. The molecule has 0 fully saturated rings. The Labute approximate surface area is 169 Å². The van der Waals surface area contributed by atoms with Gasteiger partial charge in [0.1, 0.15) is 5.01 Å². The van der Waals surface area contributed by atoms with E-state index in [1.807, 2.05) is 19.2 Å². The normalized spacial score (nSPS) is 12.4. The van der Waals surface area contributed by atoms with Crippen molar-refractivity contribution in [1.82, 2.24) is 20.1 Å². The van der Waals surface area contributed by atoms with Crippen molar-refractivity contribution in [1.29, 1.82) is 0 Å². The van der Waals surface area contributed by atoms with Gasteiger partial charge in [-0.25, -0.2) is 4.98 Å². The highest BCUT2D eigenvalue weighted by molar-refractivity contribution is 7.09. The topological polar surface area (TPSA) is 44.8 Å². The predicted molar refractivity (Wildman–Crippen MR) is 116 cm³/mol. The Morgan fingerprint density at radius 3 is 2.36 bits per heavy atom.